The molecule has 0 amide bonds. The van der Waals surface area contributed by atoms with E-state index in [9.17, 15) is 4.79 Å². The van der Waals surface area contributed by atoms with Crippen LogP contribution in [0.3, 0.4) is 0 Å². The van der Waals surface area contributed by atoms with Gasteiger partial charge in [0.2, 0.25) is 0 Å². The number of hydrogen-bond acceptors (Lipinski definition) is 4. The van der Waals surface area contributed by atoms with Crippen LogP contribution >= 0.6 is 0 Å². The molecule has 0 saturated heterocycles. The van der Waals surface area contributed by atoms with Crippen LogP contribution in [0, 0.1) is 11.8 Å². The topological polar surface area (TPSA) is 84.3 Å². The largest absolute Gasteiger partial charge is 0.462 e. The van der Waals surface area contributed by atoms with Gasteiger partial charge in [-0.05, 0) is 54.8 Å². The van der Waals surface area contributed by atoms with Crippen LogP contribution in [-0.4, -0.2) is 33.0 Å². The Balaban J connectivity index is 2.87. The SMILES string of the molecule is C[C@H]1C/C=C\C[C@H]([C@@H](C)CN=[N+]=[N-])OC(=O)CCC[C@@H]1O[Si](C)(C)C(C)(C)C. The Morgan fingerprint density at radius 2 is 2.00 bits per heavy atom. The number of esters is 1. The lowest BCUT2D eigenvalue weighted by Gasteiger charge is -2.41. The molecule has 0 N–H and O–H groups in total. The van der Waals surface area contributed by atoms with E-state index in [0.29, 0.717) is 25.3 Å². The summed E-state index contributed by atoms with van der Waals surface area (Å²) >= 11 is 0. The van der Waals surface area contributed by atoms with Crippen molar-refractivity contribution < 1.29 is 14.0 Å². The Morgan fingerprint density at radius 3 is 2.61 bits per heavy atom. The van der Waals surface area contributed by atoms with E-state index in [1.165, 1.54) is 0 Å². The first-order valence-electron chi connectivity index (χ1n) is 10.5. The fourth-order valence-electron chi connectivity index (χ4n) is 3.06. The minimum Gasteiger partial charge on any atom is -0.462 e. The molecule has 0 aliphatic carbocycles. The standard InChI is InChI=1S/C21H39N3O3Si/c1-16-11-8-9-12-18(17(2)15-23-24-22)26-20(25)14-10-13-19(16)27-28(6,7)21(3,4)5/h8-9,16-19H,10-15H2,1-7H3/b9-8-/t16-,17-,18+,19-/m0/s1. The third-order valence-corrected chi connectivity index (χ3v) is 10.7. The lowest BCUT2D eigenvalue weighted by Crippen LogP contribution is -2.45. The smallest absolute Gasteiger partial charge is 0.306 e. The minimum atomic E-state index is -1.86. The van der Waals surface area contributed by atoms with Crippen LogP contribution in [-0.2, 0) is 14.0 Å². The number of hydrogen-bond donors (Lipinski definition) is 0. The lowest BCUT2D eigenvalue weighted by atomic mass is 9.95. The summed E-state index contributed by atoms with van der Waals surface area (Å²) < 4.78 is 12.4. The second-order valence-electron chi connectivity index (χ2n) is 9.65. The van der Waals surface area contributed by atoms with Gasteiger partial charge in [-0.15, -0.1) is 0 Å². The van der Waals surface area contributed by atoms with Crippen molar-refractivity contribution in [3.05, 3.63) is 22.6 Å². The molecule has 6 nitrogen and oxygen atoms in total. The van der Waals surface area contributed by atoms with Crippen molar-refractivity contribution >= 4 is 14.3 Å². The Kier molecular flexibility index (Phi) is 9.74. The third-order valence-electron chi connectivity index (χ3n) is 6.15. The predicted molar refractivity (Wildman–Crippen MR) is 117 cm³/mol. The molecule has 160 valence electrons. The van der Waals surface area contributed by atoms with E-state index in [2.05, 4.69) is 63.0 Å². The van der Waals surface area contributed by atoms with Crippen molar-refractivity contribution in [2.75, 3.05) is 6.54 Å². The van der Waals surface area contributed by atoms with Gasteiger partial charge in [-0.3, -0.25) is 4.79 Å². The maximum absolute atomic E-state index is 12.3. The van der Waals surface area contributed by atoms with Crippen LogP contribution in [0.25, 0.3) is 10.4 Å². The van der Waals surface area contributed by atoms with Crippen molar-refractivity contribution in [3.63, 3.8) is 0 Å². The summed E-state index contributed by atoms with van der Waals surface area (Å²) in [5.41, 5.74) is 8.53. The highest BCUT2D eigenvalue weighted by atomic mass is 28.4. The predicted octanol–water partition coefficient (Wildman–Crippen LogP) is 6.39. The summed E-state index contributed by atoms with van der Waals surface area (Å²) in [5, 5.41) is 3.80. The van der Waals surface area contributed by atoms with E-state index in [1.807, 2.05) is 6.92 Å². The quantitative estimate of drug-likeness (QED) is 0.132. The number of carbonyl (C=O) groups is 1. The summed E-state index contributed by atoms with van der Waals surface area (Å²) in [6.07, 6.45) is 7.82. The van der Waals surface area contributed by atoms with Gasteiger partial charge in [-0.2, -0.15) is 0 Å². The molecule has 1 aliphatic rings. The Labute approximate surface area is 171 Å². The van der Waals surface area contributed by atoms with Crippen LogP contribution in [0.4, 0.5) is 0 Å². The number of azide groups is 1. The highest BCUT2D eigenvalue weighted by Gasteiger charge is 2.40. The molecule has 0 saturated carbocycles. The summed E-state index contributed by atoms with van der Waals surface area (Å²) in [7, 11) is -1.86. The van der Waals surface area contributed by atoms with Crippen LogP contribution in [0.5, 0.6) is 0 Å². The molecule has 4 atom stereocenters. The number of carbonyl (C=O) groups excluding carboxylic acids is 1. The molecular weight excluding hydrogens is 370 g/mol. The minimum absolute atomic E-state index is 0.000435. The lowest BCUT2D eigenvalue weighted by molar-refractivity contribution is -0.151. The van der Waals surface area contributed by atoms with Gasteiger partial charge in [0.15, 0.2) is 8.32 Å². The highest BCUT2D eigenvalue weighted by Crippen LogP contribution is 2.39. The van der Waals surface area contributed by atoms with E-state index in [1.54, 1.807) is 0 Å². The number of allylic oxidation sites excluding steroid dienone is 1. The average molecular weight is 410 g/mol. The van der Waals surface area contributed by atoms with E-state index in [-0.39, 0.29) is 29.1 Å². The zero-order chi connectivity index (χ0) is 21.4. The van der Waals surface area contributed by atoms with Crippen molar-refractivity contribution in [2.45, 2.75) is 97.1 Å². The molecule has 1 heterocycles. The summed E-state index contributed by atoms with van der Waals surface area (Å²) in [4.78, 5) is 15.2. The molecule has 0 spiro atoms. The Bertz CT molecular complexity index is 580. The molecule has 0 bridgehead atoms. The van der Waals surface area contributed by atoms with Gasteiger partial charge < -0.3 is 9.16 Å². The normalized spacial score (nSPS) is 27.5. The van der Waals surface area contributed by atoms with E-state index in [0.717, 1.165) is 19.3 Å². The number of ether oxygens (including phenoxy) is 1. The second-order valence-corrected chi connectivity index (χ2v) is 14.4. The molecule has 0 aromatic rings. The van der Waals surface area contributed by atoms with Crippen LogP contribution in [0.15, 0.2) is 17.3 Å². The van der Waals surface area contributed by atoms with Crippen LogP contribution in [0.2, 0.25) is 18.1 Å². The fraction of sp³-hybridized carbons (Fsp3) is 0.857. The first-order chi connectivity index (χ1) is 13.0. The molecule has 0 aromatic heterocycles. The van der Waals surface area contributed by atoms with Gasteiger partial charge in [-0.25, -0.2) is 0 Å². The monoisotopic (exact) mass is 409 g/mol. The van der Waals surface area contributed by atoms with Crippen molar-refractivity contribution in [3.8, 4) is 0 Å². The van der Waals surface area contributed by atoms with Gasteiger partial charge in [0, 0.05) is 30.4 Å². The maximum atomic E-state index is 12.3. The maximum Gasteiger partial charge on any atom is 0.306 e. The second kappa shape index (κ2) is 11.0. The van der Waals surface area contributed by atoms with E-state index >= 15 is 0 Å². The molecular formula is C21H39N3O3Si. The van der Waals surface area contributed by atoms with E-state index < -0.39 is 8.32 Å². The molecule has 0 unspecified atom stereocenters. The zero-order valence-electron chi connectivity index (χ0n) is 18.8. The molecule has 7 heteroatoms. The molecule has 0 aromatic carbocycles. The number of rotatable bonds is 5. The van der Waals surface area contributed by atoms with Crippen LogP contribution < -0.4 is 0 Å². The van der Waals surface area contributed by atoms with E-state index in [4.69, 9.17) is 14.7 Å². The molecule has 28 heavy (non-hydrogen) atoms. The first kappa shape index (κ1) is 24.7. The Hall–Kier alpha value is -1.30. The highest BCUT2D eigenvalue weighted by molar-refractivity contribution is 6.74. The van der Waals surface area contributed by atoms with Gasteiger partial charge in [0.05, 0.1) is 0 Å². The third kappa shape index (κ3) is 7.98. The number of nitrogens with zero attached hydrogens (tertiary/aromatic N) is 3. The van der Waals surface area contributed by atoms with Crippen molar-refractivity contribution in [1.29, 1.82) is 0 Å². The summed E-state index contributed by atoms with van der Waals surface area (Å²) in [6, 6.07) is 0. The Morgan fingerprint density at radius 1 is 1.36 bits per heavy atom. The first-order valence-corrected chi connectivity index (χ1v) is 13.4. The van der Waals surface area contributed by atoms with Crippen molar-refractivity contribution in [1.82, 2.24) is 0 Å². The molecule has 1 rings (SSSR count). The summed E-state index contributed by atoms with van der Waals surface area (Å²) in [5.74, 6) is 0.227. The average Bonchev–Trinajstić information content (AvgIpc) is 2.59. The van der Waals surface area contributed by atoms with Crippen molar-refractivity contribution in [2.24, 2.45) is 17.0 Å². The zero-order valence-corrected chi connectivity index (χ0v) is 19.8. The molecule has 1 aliphatic heterocycles. The molecule has 0 fully saturated rings. The van der Waals surface area contributed by atoms with Gasteiger partial charge in [0.1, 0.15) is 6.10 Å². The van der Waals surface area contributed by atoms with Crippen LogP contribution in [0.1, 0.15) is 66.7 Å². The summed E-state index contributed by atoms with van der Waals surface area (Å²) in [6.45, 7) is 15.9. The van der Waals surface area contributed by atoms with Gasteiger partial charge in [-0.1, -0.05) is 51.9 Å². The van der Waals surface area contributed by atoms with Gasteiger partial charge in [0.25, 0.3) is 0 Å². The van der Waals surface area contributed by atoms with Gasteiger partial charge >= 0.3 is 5.97 Å². The molecule has 0 radical (unpaired) electrons. The number of cyclic esters (lactones) is 1. The fourth-order valence-corrected chi connectivity index (χ4v) is 4.52.